The van der Waals surface area contributed by atoms with Crippen molar-refractivity contribution in [1.29, 1.82) is 0 Å². The fraction of sp³-hybridized carbons (Fsp3) is 0.182. The van der Waals surface area contributed by atoms with Gasteiger partial charge in [-0.2, -0.15) is 5.10 Å². The lowest BCUT2D eigenvalue weighted by molar-refractivity contribution is -0.123. The Kier molecular flexibility index (Phi) is 6.05. The molecule has 138 valence electrons. The molecule has 5 heteroatoms. The molecule has 1 N–H and O–H groups in total. The van der Waals surface area contributed by atoms with Crippen LogP contribution < -0.4 is 14.9 Å². The molecule has 0 bridgehead atoms. The van der Waals surface area contributed by atoms with Gasteiger partial charge in [-0.05, 0) is 42.8 Å². The fourth-order valence-corrected chi connectivity index (χ4v) is 2.63. The first kappa shape index (κ1) is 18.5. The first-order valence-electron chi connectivity index (χ1n) is 8.81. The predicted octanol–water partition coefficient (Wildman–Crippen LogP) is 4.16. The van der Waals surface area contributed by atoms with Crippen molar-refractivity contribution < 1.29 is 14.3 Å². The van der Waals surface area contributed by atoms with E-state index in [2.05, 4.69) is 10.5 Å². The van der Waals surface area contributed by atoms with Crippen LogP contribution in [0.5, 0.6) is 11.5 Å². The average molecular weight is 362 g/mol. The summed E-state index contributed by atoms with van der Waals surface area (Å²) in [4.78, 5) is 12.0. The lowest BCUT2D eigenvalue weighted by atomic mass is 10.0. The molecular formula is C22H22N2O3. The number of carbonyl (C=O) groups excluding carboxylic acids is 1. The van der Waals surface area contributed by atoms with Crippen molar-refractivity contribution in [3.05, 3.63) is 72.3 Å². The number of fused-ring (bicyclic) bond motifs is 1. The molecule has 1 amide bonds. The van der Waals surface area contributed by atoms with Gasteiger partial charge < -0.3 is 9.47 Å². The number of benzene rings is 3. The van der Waals surface area contributed by atoms with Crippen molar-refractivity contribution in [2.24, 2.45) is 5.10 Å². The molecule has 3 aromatic rings. The molecule has 0 aromatic heterocycles. The van der Waals surface area contributed by atoms with E-state index in [1.54, 1.807) is 18.3 Å². The zero-order chi connectivity index (χ0) is 19.1. The second-order valence-corrected chi connectivity index (χ2v) is 6.26. The van der Waals surface area contributed by atoms with Gasteiger partial charge >= 0.3 is 0 Å². The third kappa shape index (κ3) is 5.07. The third-order valence-corrected chi connectivity index (χ3v) is 3.79. The number of nitrogens with zero attached hydrogens (tertiary/aromatic N) is 1. The van der Waals surface area contributed by atoms with Crippen LogP contribution in [0.25, 0.3) is 10.8 Å². The average Bonchev–Trinajstić information content (AvgIpc) is 2.68. The van der Waals surface area contributed by atoms with Crippen LogP contribution in [-0.2, 0) is 4.79 Å². The molecule has 0 spiro atoms. The first-order valence-corrected chi connectivity index (χ1v) is 8.81. The van der Waals surface area contributed by atoms with Gasteiger partial charge in [0.05, 0.1) is 12.3 Å². The number of nitrogens with one attached hydrogen (secondary N) is 1. The molecule has 0 fully saturated rings. The number of rotatable bonds is 7. The highest BCUT2D eigenvalue weighted by Crippen LogP contribution is 2.27. The molecule has 3 aromatic carbocycles. The molecule has 5 nitrogen and oxygen atoms in total. The minimum atomic E-state index is -0.332. The van der Waals surface area contributed by atoms with Crippen LogP contribution in [0.2, 0.25) is 0 Å². The van der Waals surface area contributed by atoms with Gasteiger partial charge in [0.1, 0.15) is 11.5 Å². The molecule has 0 aliphatic rings. The van der Waals surface area contributed by atoms with E-state index in [9.17, 15) is 4.79 Å². The van der Waals surface area contributed by atoms with Gasteiger partial charge in [-0.15, -0.1) is 0 Å². The monoisotopic (exact) mass is 362 g/mol. The van der Waals surface area contributed by atoms with Crippen molar-refractivity contribution in [3.63, 3.8) is 0 Å². The Labute approximate surface area is 158 Å². The summed E-state index contributed by atoms with van der Waals surface area (Å²) in [7, 11) is 0. The minimum absolute atomic E-state index is 0.0344. The second-order valence-electron chi connectivity index (χ2n) is 6.26. The Balaban J connectivity index is 1.71. The van der Waals surface area contributed by atoms with Crippen LogP contribution in [0, 0.1) is 0 Å². The quantitative estimate of drug-likeness (QED) is 0.507. The van der Waals surface area contributed by atoms with Crippen LogP contribution in [0.4, 0.5) is 0 Å². The van der Waals surface area contributed by atoms with Crippen LogP contribution in [0.3, 0.4) is 0 Å². The Morgan fingerprint density at radius 3 is 2.56 bits per heavy atom. The number of para-hydroxylation sites is 1. The topological polar surface area (TPSA) is 59.9 Å². The molecule has 0 heterocycles. The Hall–Kier alpha value is -3.34. The van der Waals surface area contributed by atoms with Crippen molar-refractivity contribution >= 4 is 22.9 Å². The van der Waals surface area contributed by atoms with E-state index in [0.717, 1.165) is 22.1 Å². The van der Waals surface area contributed by atoms with E-state index < -0.39 is 0 Å². The van der Waals surface area contributed by atoms with Crippen LogP contribution in [-0.4, -0.2) is 24.8 Å². The lowest BCUT2D eigenvalue weighted by Gasteiger charge is -2.14. The molecule has 0 radical (unpaired) electrons. The number of carbonyl (C=O) groups is 1. The maximum atomic E-state index is 12.0. The third-order valence-electron chi connectivity index (χ3n) is 3.79. The molecule has 0 saturated carbocycles. The summed E-state index contributed by atoms with van der Waals surface area (Å²) in [6.45, 7) is 3.84. The smallest absolute Gasteiger partial charge is 0.277 e. The van der Waals surface area contributed by atoms with Gasteiger partial charge in [0, 0.05) is 5.56 Å². The van der Waals surface area contributed by atoms with Crippen LogP contribution in [0.15, 0.2) is 71.8 Å². The van der Waals surface area contributed by atoms with Crippen LogP contribution in [0.1, 0.15) is 19.4 Å². The Bertz CT molecular complexity index is 937. The SMILES string of the molecule is CC(C)Oc1ccc2ccccc2c1/C=N\NC(=O)COc1ccccc1. The molecular weight excluding hydrogens is 340 g/mol. The highest BCUT2D eigenvalue weighted by atomic mass is 16.5. The zero-order valence-corrected chi connectivity index (χ0v) is 15.4. The standard InChI is InChI=1S/C22H22N2O3/c1-16(2)27-21-13-12-17-8-6-7-11-19(17)20(21)14-23-24-22(25)15-26-18-9-4-3-5-10-18/h3-14,16H,15H2,1-2H3,(H,24,25)/b23-14-. The van der Waals surface area contributed by atoms with Gasteiger partial charge in [-0.25, -0.2) is 5.43 Å². The van der Waals surface area contributed by atoms with Gasteiger partial charge in [-0.3, -0.25) is 4.79 Å². The van der Waals surface area contributed by atoms with Crippen molar-refractivity contribution in [3.8, 4) is 11.5 Å². The first-order chi connectivity index (χ1) is 13.1. The minimum Gasteiger partial charge on any atom is -0.490 e. The largest absolute Gasteiger partial charge is 0.490 e. The summed E-state index contributed by atoms with van der Waals surface area (Å²) >= 11 is 0. The lowest BCUT2D eigenvalue weighted by Crippen LogP contribution is -2.24. The van der Waals surface area contributed by atoms with E-state index in [0.29, 0.717) is 5.75 Å². The number of hydrazone groups is 1. The zero-order valence-electron chi connectivity index (χ0n) is 15.4. The summed E-state index contributed by atoms with van der Waals surface area (Å²) in [5.41, 5.74) is 3.32. The van der Waals surface area contributed by atoms with E-state index >= 15 is 0 Å². The highest BCUT2D eigenvalue weighted by Gasteiger charge is 2.09. The number of ether oxygens (including phenoxy) is 2. The Morgan fingerprint density at radius 1 is 1.04 bits per heavy atom. The summed E-state index contributed by atoms with van der Waals surface area (Å²) in [5, 5.41) is 6.17. The van der Waals surface area contributed by atoms with Gasteiger partial charge in [0.25, 0.3) is 5.91 Å². The molecule has 0 atom stereocenters. The van der Waals surface area contributed by atoms with Gasteiger partial charge in [0.15, 0.2) is 6.61 Å². The number of hydrogen-bond donors (Lipinski definition) is 1. The predicted molar refractivity (Wildman–Crippen MR) is 107 cm³/mol. The molecule has 27 heavy (non-hydrogen) atoms. The molecule has 0 aliphatic carbocycles. The van der Waals surface area contributed by atoms with Gasteiger partial charge in [-0.1, -0.05) is 48.5 Å². The number of amides is 1. The maximum Gasteiger partial charge on any atom is 0.277 e. The van der Waals surface area contributed by atoms with E-state index in [1.807, 2.05) is 68.4 Å². The maximum absolute atomic E-state index is 12.0. The molecule has 0 saturated heterocycles. The highest BCUT2D eigenvalue weighted by molar-refractivity contribution is 6.02. The molecule has 3 rings (SSSR count). The summed E-state index contributed by atoms with van der Waals surface area (Å²) in [6, 6.07) is 21.1. The van der Waals surface area contributed by atoms with Gasteiger partial charge in [0.2, 0.25) is 0 Å². The molecule has 0 aliphatic heterocycles. The Morgan fingerprint density at radius 2 is 1.78 bits per heavy atom. The number of hydrogen-bond acceptors (Lipinski definition) is 4. The fourth-order valence-electron chi connectivity index (χ4n) is 2.63. The summed E-state index contributed by atoms with van der Waals surface area (Å²) in [6.07, 6.45) is 1.65. The van der Waals surface area contributed by atoms with Crippen LogP contribution >= 0.6 is 0 Å². The molecule has 0 unspecified atom stereocenters. The van der Waals surface area contributed by atoms with E-state index in [4.69, 9.17) is 9.47 Å². The summed E-state index contributed by atoms with van der Waals surface area (Å²) in [5.74, 6) is 1.03. The van der Waals surface area contributed by atoms with E-state index in [-0.39, 0.29) is 18.6 Å². The van der Waals surface area contributed by atoms with Crippen molar-refractivity contribution in [2.45, 2.75) is 20.0 Å². The van der Waals surface area contributed by atoms with Crippen molar-refractivity contribution in [1.82, 2.24) is 5.43 Å². The van der Waals surface area contributed by atoms with E-state index in [1.165, 1.54) is 0 Å². The van der Waals surface area contributed by atoms with Crippen molar-refractivity contribution in [2.75, 3.05) is 6.61 Å². The normalized spacial score (nSPS) is 11.1. The second kappa shape index (κ2) is 8.85. The summed E-state index contributed by atoms with van der Waals surface area (Å²) < 4.78 is 11.3.